The highest BCUT2D eigenvalue weighted by Gasteiger charge is 2.28. The molecule has 18 heavy (non-hydrogen) atoms. The molecular formula is C12H27IN4O. The number of methoxy groups -OCH3 is 1. The van der Waals surface area contributed by atoms with Gasteiger partial charge < -0.3 is 15.8 Å². The van der Waals surface area contributed by atoms with Crippen LogP contribution in [0.1, 0.15) is 26.7 Å². The summed E-state index contributed by atoms with van der Waals surface area (Å²) in [6, 6.07) is 1.41. The van der Waals surface area contributed by atoms with E-state index in [1.165, 1.54) is 12.8 Å². The van der Waals surface area contributed by atoms with Crippen molar-refractivity contribution >= 4 is 29.9 Å². The summed E-state index contributed by atoms with van der Waals surface area (Å²) < 4.78 is 5.03. The number of nitrogens with two attached hydrogens (primary N) is 1. The molecule has 1 fully saturated rings. The number of rotatable bonds is 7. The van der Waals surface area contributed by atoms with Gasteiger partial charge in [0.1, 0.15) is 0 Å². The van der Waals surface area contributed by atoms with Crippen molar-refractivity contribution in [3.8, 4) is 0 Å². The molecule has 0 radical (unpaired) electrons. The molecule has 1 saturated carbocycles. The van der Waals surface area contributed by atoms with Crippen molar-refractivity contribution in [1.82, 2.24) is 10.2 Å². The molecule has 1 aliphatic carbocycles. The lowest BCUT2D eigenvalue weighted by Crippen LogP contribution is -2.42. The van der Waals surface area contributed by atoms with Gasteiger partial charge in [-0.2, -0.15) is 0 Å². The lowest BCUT2D eigenvalue weighted by atomic mass is 10.3. The molecule has 1 aliphatic rings. The van der Waals surface area contributed by atoms with Crippen LogP contribution in [0.2, 0.25) is 0 Å². The van der Waals surface area contributed by atoms with Crippen LogP contribution in [0.15, 0.2) is 4.99 Å². The van der Waals surface area contributed by atoms with E-state index >= 15 is 0 Å². The Morgan fingerprint density at radius 1 is 1.50 bits per heavy atom. The first-order valence-electron chi connectivity index (χ1n) is 6.32. The summed E-state index contributed by atoms with van der Waals surface area (Å²) in [5.74, 6) is 0.505. The van der Waals surface area contributed by atoms with Crippen molar-refractivity contribution in [3.63, 3.8) is 0 Å². The Labute approximate surface area is 128 Å². The average Bonchev–Trinajstić information content (AvgIpc) is 3.08. The number of likely N-dealkylation sites (N-methyl/N-ethyl adjacent to an activating group) is 1. The van der Waals surface area contributed by atoms with Crippen LogP contribution in [0.3, 0.4) is 0 Å². The average molecular weight is 370 g/mol. The fraction of sp³-hybridized carbons (Fsp3) is 0.917. The number of nitrogens with one attached hydrogen (secondary N) is 1. The molecule has 0 aliphatic heterocycles. The molecule has 0 aromatic carbocycles. The number of hydrogen-bond acceptors (Lipinski definition) is 3. The molecule has 2 unspecified atom stereocenters. The second kappa shape index (κ2) is 8.92. The molecule has 0 aromatic heterocycles. The third-order valence-corrected chi connectivity index (χ3v) is 3.15. The molecule has 5 nitrogen and oxygen atoms in total. The van der Waals surface area contributed by atoms with E-state index in [4.69, 9.17) is 10.5 Å². The Hall–Kier alpha value is -0.0800. The number of aliphatic imine (C=N–C) groups is 1. The van der Waals surface area contributed by atoms with Crippen molar-refractivity contribution in [1.29, 1.82) is 0 Å². The van der Waals surface area contributed by atoms with E-state index in [2.05, 4.69) is 29.2 Å². The van der Waals surface area contributed by atoms with E-state index in [0.717, 1.165) is 12.6 Å². The maximum atomic E-state index is 5.81. The molecule has 6 heteroatoms. The van der Waals surface area contributed by atoms with E-state index in [1.807, 2.05) is 6.92 Å². The summed E-state index contributed by atoms with van der Waals surface area (Å²) in [7, 11) is 3.84. The SMILES string of the molecule is COCC(C)NC(N)=NCC(C)N(C)C1CC1.I. The van der Waals surface area contributed by atoms with Crippen molar-refractivity contribution in [2.45, 2.75) is 44.8 Å². The van der Waals surface area contributed by atoms with E-state index in [9.17, 15) is 0 Å². The standard InChI is InChI=1S/C12H26N4O.HI/c1-9(8-17-4)15-12(13)14-7-10(2)16(3)11-5-6-11;/h9-11H,5-8H2,1-4H3,(H3,13,14,15);1H. The lowest BCUT2D eigenvalue weighted by molar-refractivity contribution is 0.179. The summed E-state index contributed by atoms with van der Waals surface area (Å²) in [4.78, 5) is 6.75. The highest BCUT2D eigenvalue weighted by molar-refractivity contribution is 14.0. The van der Waals surface area contributed by atoms with Gasteiger partial charge in [0.15, 0.2) is 5.96 Å². The maximum absolute atomic E-state index is 5.81. The number of guanidine groups is 1. The van der Waals surface area contributed by atoms with Gasteiger partial charge in [-0.25, -0.2) is 0 Å². The number of halogens is 1. The Kier molecular flexibility index (Phi) is 8.89. The minimum Gasteiger partial charge on any atom is -0.383 e. The Bertz CT molecular complexity index is 258. The van der Waals surface area contributed by atoms with Crippen molar-refractivity contribution < 1.29 is 4.74 Å². The first kappa shape index (κ1) is 17.9. The van der Waals surface area contributed by atoms with Gasteiger partial charge in [-0.3, -0.25) is 9.89 Å². The van der Waals surface area contributed by atoms with Crippen LogP contribution in [0.5, 0.6) is 0 Å². The minimum absolute atomic E-state index is 0. The van der Waals surface area contributed by atoms with Crippen LogP contribution >= 0.6 is 24.0 Å². The summed E-state index contributed by atoms with van der Waals surface area (Å²) in [6.07, 6.45) is 2.65. The summed E-state index contributed by atoms with van der Waals surface area (Å²) in [5.41, 5.74) is 5.81. The molecule has 3 N–H and O–H groups in total. The quantitative estimate of drug-likeness (QED) is 0.399. The largest absolute Gasteiger partial charge is 0.383 e. The van der Waals surface area contributed by atoms with Gasteiger partial charge in [0.2, 0.25) is 0 Å². The Morgan fingerprint density at radius 2 is 2.11 bits per heavy atom. The number of nitrogens with zero attached hydrogens (tertiary/aromatic N) is 2. The normalized spacial score (nSPS) is 19.3. The van der Waals surface area contributed by atoms with E-state index in [1.54, 1.807) is 7.11 Å². The van der Waals surface area contributed by atoms with Crippen LogP contribution in [0, 0.1) is 0 Å². The lowest BCUT2D eigenvalue weighted by Gasteiger charge is -2.23. The third kappa shape index (κ3) is 6.75. The Morgan fingerprint density at radius 3 is 2.61 bits per heavy atom. The molecule has 108 valence electrons. The topological polar surface area (TPSA) is 62.9 Å². The third-order valence-electron chi connectivity index (χ3n) is 3.15. The summed E-state index contributed by atoms with van der Waals surface area (Å²) in [6.45, 7) is 5.58. The molecule has 0 bridgehead atoms. The van der Waals surface area contributed by atoms with E-state index < -0.39 is 0 Å². The van der Waals surface area contributed by atoms with E-state index in [0.29, 0.717) is 18.6 Å². The van der Waals surface area contributed by atoms with Gasteiger partial charge in [0.25, 0.3) is 0 Å². The van der Waals surface area contributed by atoms with Gasteiger partial charge in [-0.05, 0) is 33.7 Å². The highest BCUT2D eigenvalue weighted by atomic mass is 127. The number of hydrogen-bond donors (Lipinski definition) is 2. The zero-order valence-corrected chi connectivity index (χ0v) is 14.2. The molecule has 2 atom stereocenters. The zero-order valence-electron chi connectivity index (χ0n) is 11.8. The van der Waals surface area contributed by atoms with Gasteiger partial charge in [-0.15, -0.1) is 24.0 Å². The second-order valence-corrected chi connectivity index (χ2v) is 4.97. The van der Waals surface area contributed by atoms with Gasteiger partial charge in [0, 0.05) is 25.2 Å². The van der Waals surface area contributed by atoms with E-state index in [-0.39, 0.29) is 30.0 Å². The molecule has 0 aromatic rings. The first-order chi connectivity index (χ1) is 8.04. The maximum Gasteiger partial charge on any atom is 0.188 e. The fourth-order valence-electron chi connectivity index (χ4n) is 1.79. The van der Waals surface area contributed by atoms with Gasteiger partial charge >= 0.3 is 0 Å². The van der Waals surface area contributed by atoms with Crippen molar-refractivity contribution in [2.24, 2.45) is 10.7 Å². The predicted molar refractivity (Wildman–Crippen MR) is 86.6 cm³/mol. The van der Waals surface area contributed by atoms with Crippen molar-refractivity contribution in [2.75, 3.05) is 27.3 Å². The van der Waals surface area contributed by atoms with Gasteiger partial charge in [-0.1, -0.05) is 0 Å². The molecule has 0 spiro atoms. The monoisotopic (exact) mass is 370 g/mol. The molecule has 1 rings (SSSR count). The Balaban J connectivity index is 0.00000289. The molecule has 0 heterocycles. The minimum atomic E-state index is 0. The molecule has 0 saturated heterocycles. The smallest absolute Gasteiger partial charge is 0.188 e. The second-order valence-electron chi connectivity index (χ2n) is 4.97. The number of ether oxygens (including phenoxy) is 1. The van der Waals surface area contributed by atoms with Crippen LogP contribution in [-0.2, 0) is 4.74 Å². The summed E-state index contributed by atoms with van der Waals surface area (Å²) >= 11 is 0. The first-order valence-corrected chi connectivity index (χ1v) is 6.32. The molecular weight excluding hydrogens is 343 g/mol. The summed E-state index contributed by atoms with van der Waals surface area (Å²) in [5, 5.41) is 3.10. The highest BCUT2D eigenvalue weighted by Crippen LogP contribution is 2.26. The van der Waals surface area contributed by atoms with Gasteiger partial charge in [0.05, 0.1) is 13.2 Å². The van der Waals surface area contributed by atoms with Crippen molar-refractivity contribution in [3.05, 3.63) is 0 Å². The molecule has 0 amide bonds. The zero-order chi connectivity index (χ0) is 12.8. The van der Waals surface area contributed by atoms with Crippen LogP contribution in [0.25, 0.3) is 0 Å². The van der Waals surface area contributed by atoms with Crippen LogP contribution < -0.4 is 11.1 Å². The van der Waals surface area contributed by atoms with Crippen LogP contribution in [-0.4, -0.2) is 56.3 Å². The predicted octanol–water partition coefficient (Wildman–Crippen LogP) is 1.03. The fourth-order valence-corrected chi connectivity index (χ4v) is 1.79. The van der Waals surface area contributed by atoms with Crippen LogP contribution in [0.4, 0.5) is 0 Å².